The van der Waals surface area contributed by atoms with E-state index >= 15 is 0 Å². The van der Waals surface area contributed by atoms with Gasteiger partial charge in [0, 0.05) is 25.5 Å². The third-order valence-corrected chi connectivity index (χ3v) is 2.42. The molecule has 0 aromatic carbocycles. The summed E-state index contributed by atoms with van der Waals surface area (Å²) in [4.78, 5) is 12.4. The zero-order chi connectivity index (χ0) is 13.0. The summed E-state index contributed by atoms with van der Waals surface area (Å²) in [5.41, 5.74) is 0. The van der Waals surface area contributed by atoms with E-state index in [1.807, 2.05) is 17.8 Å². The number of nitrogens with one attached hydrogen (secondary N) is 1. The first kappa shape index (κ1) is 12.2. The number of imidazole rings is 1. The summed E-state index contributed by atoms with van der Waals surface area (Å²) in [6.07, 6.45) is 3.64. The largest absolute Gasteiger partial charge is 0.481 e. The Morgan fingerprint density at radius 3 is 2.72 bits per heavy atom. The van der Waals surface area contributed by atoms with E-state index in [9.17, 15) is 0 Å². The summed E-state index contributed by atoms with van der Waals surface area (Å²) in [5, 5.41) is 3.14. The van der Waals surface area contributed by atoms with Crippen molar-refractivity contribution in [2.45, 2.75) is 6.54 Å². The first-order valence-electron chi connectivity index (χ1n) is 5.40. The molecule has 0 aliphatic rings. The minimum Gasteiger partial charge on any atom is -0.481 e. The smallest absolute Gasteiger partial charge is 0.321 e. The molecule has 0 spiro atoms. The van der Waals surface area contributed by atoms with Crippen LogP contribution in [0.2, 0.25) is 0 Å². The van der Waals surface area contributed by atoms with Crippen LogP contribution in [-0.2, 0) is 13.6 Å². The number of methoxy groups -OCH3 is 2. The second-order valence-electron chi connectivity index (χ2n) is 3.59. The van der Waals surface area contributed by atoms with Crippen molar-refractivity contribution in [3.05, 3.63) is 24.3 Å². The molecule has 0 aliphatic carbocycles. The van der Waals surface area contributed by atoms with Gasteiger partial charge < -0.3 is 19.4 Å². The highest BCUT2D eigenvalue weighted by Crippen LogP contribution is 2.17. The summed E-state index contributed by atoms with van der Waals surface area (Å²) in [7, 11) is 4.99. The van der Waals surface area contributed by atoms with Gasteiger partial charge in [-0.05, 0) is 0 Å². The maximum absolute atomic E-state index is 5.07. The highest BCUT2D eigenvalue weighted by atomic mass is 16.5. The van der Waals surface area contributed by atoms with Crippen LogP contribution in [0.15, 0.2) is 18.5 Å². The molecule has 0 saturated carbocycles. The van der Waals surface area contributed by atoms with Crippen LogP contribution in [-0.4, -0.2) is 33.7 Å². The molecule has 0 fully saturated rings. The van der Waals surface area contributed by atoms with Gasteiger partial charge in [0.25, 0.3) is 0 Å². The lowest BCUT2D eigenvalue weighted by Gasteiger charge is -2.08. The minimum absolute atomic E-state index is 0.261. The van der Waals surface area contributed by atoms with Crippen LogP contribution >= 0.6 is 0 Å². The van der Waals surface area contributed by atoms with Crippen molar-refractivity contribution < 1.29 is 9.47 Å². The lowest BCUT2D eigenvalue weighted by atomic mass is 10.5. The fraction of sp³-hybridized carbons (Fsp3) is 0.364. The van der Waals surface area contributed by atoms with Crippen molar-refractivity contribution in [3.63, 3.8) is 0 Å². The van der Waals surface area contributed by atoms with E-state index in [2.05, 4.69) is 20.3 Å². The van der Waals surface area contributed by atoms with Crippen molar-refractivity contribution in [1.29, 1.82) is 0 Å². The third kappa shape index (κ3) is 2.68. The highest BCUT2D eigenvalue weighted by molar-refractivity contribution is 5.39. The number of aromatic nitrogens is 4. The predicted molar refractivity (Wildman–Crippen MR) is 65.7 cm³/mol. The van der Waals surface area contributed by atoms with Gasteiger partial charge in [-0.1, -0.05) is 0 Å². The van der Waals surface area contributed by atoms with E-state index < -0.39 is 0 Å². The van der Waals surface area contributed by atoms with Gasteiger partial charge in [0.15, 0.2) is 0 Å². The molecule has 0 saturated heterocycles. The van der Waals surface area contributed by atoms with Crippen LogP contribution in [0.5, 0.6) is 11.9 Å². The number of anilines is 1. The monoisotopic (exact) mass is 249 g/mol. The topological polar surface area (TPSA) is 74.1 Å². The molecule has 0 radical (unpaired) electrons. The van der Waals surface area contributed by atoms with Crippen LogP contribution < -0.4 is 14.8 Å². The zero-order valence-corrected chi connectivity index (χ0v) is 10.5. The van der Waals surface area contributed by atoms with Gasteiger partial charge in [-0.2, -0.15) is 9.97 Å². The molecule has 2 heterocycles. The normalized spacial score (nSPS) is 10.2. The van der Waals surface area contributed by atoms with Crippen LogP contribution in [0.4, 0.5) is 5.82 Å². The van der Waals surface area contributed by atoms with Crippen molar-refractivity contribution in [2.24, 2.45) is 7.05 Å². The molecule has 0 amide bonds. The Labute approximate surface area is 105 Å². The Hall–Kier alpha value is -2.31. The number of aryl methyl sites for hydroxylation is 1. The van der Waals surface area contributed by atoms with Gasteiger partial charge in [0.05, 0.1) is 20.8 Å². The predicted octanol–water partition coefficient (Wildman–Crippen LogP) is 0.839. The fourth-order valence-corrected chi connectivity index (χ4v) is 1.43. The SMILES string of the molecule is COc1cc(NCc2nccn2C)nc(OC)n1. The zero-order valence-electron chi connectivity index (χ0n) is 10.5. The van der Waals surface area contributed by atoms with E-state index in [0.717, 1.165) is 5.82 Å². The molecular formula is C11H15N5O2. The van der Waals surface area contributed by atoms with Crippen molar-refractivity contribution >= 4 is 5.82 Å². The van der Waals surface area contributed by atoms with Crippen LogP contribution in [0, 0.1) is 0 Å². The molecule has 0 unspecified atom stereocenters. The van der Waals surface area contributed by atoms with Gasteiger partial charge >= 0.3 is 6.01 Å². The molecule has 0 aliphatic heterocycles. The van der Waals surface area contributed by atoms with E-state index in [1.165, 1.54) is 7.11 Å². The van der Waals surface area contributed by atoms with Crippen LogP contribution in [0.3, 0.4) is 0 Å². The van der Waals surface area contributed by atoms with Crippen molar-refractivity contribution in [2.75, 3.05) is 19.5 Å². The molecule has 2 aromatic rings. The Balaban J connectivity index is 2.11. The van der Waals surface area contributed by atoms with E-state index in [1.54, 1.807) is 19.4 Å². The Morgan fingerprint density at radius 2 is 2.11 bits per heavy atom. The molecule has 0 bridgehead atoms. The first-order chi connectivity index (χ1) is 8.72. The molecule has 96 valence electrons. The fourth-order valence-electron chi connectivity index (χ4n) is 1.43. The summed E-state index contributed by atoms with van der Waals surface area (Å²) in [5.74, 6) is 1.98. The van der Waals surface area contributed by atoms with Crippen LogP contribution in [0.25, 0.3) is 0 Å². The molecular weight excluding hydrogens is 234 g/mol. The molecule has 1 N–H and O–H groups in total. The number of hydrogen-bond donors (Lipinski definition) is 1. The average molecular weight is 249 g/mol. The Bertz CT molecular complexity index is 504. The lowest BCUT2D eigenvalue weighted by molar-refractivity contribution is 0.353. The summed E-state index contributed by atoms with van der Waals surface area (Å²) in [6, 6.07) is 1.96. The van der Waals surface area contributed by atoms with Gasteiger partial charge in [-0.15, -0.1) is 0 Å². The van der Waals surface area contributed by atoms with Gasteiger partial charge in [-0.25, -0.2) is 4.98 Å². The molecule has 2 aromatic heterocycles. The number of hydrogen-bond acceptors (Lipinski definition) is 6. The van der Waals surface area contributed by atoms with E-state index in [4.69, 9.17) is 9.47 Å². The van der Waals surface area contributed by atoms with E-state index in [0.29, 0.717) is 18.2 Å². The standard InChI is InChI=1S/C11H15N5O2/c1-16-5-4-12-9(16)7-13-8-6-10(17-2)15-11(14-8)18-3/h4-6H,7H2,1-3H3,(H,13,14,15). The average Bonchev–Trinajstić information content (AvgIpc) is 2.81. The Kier molecular flexibility index (Phi) is 3.61. The van der Waals surface area contributed by atoms with Crippen LogP contribution in [0.1, 0.15) is 5.82 Å². The molecule has 0 atom stereocenters. The summed E-state index contributed by atoms with van der Waals surface area (Å²) >= 11 is 0. The number of nitrogens with zero attached hydrogens (tertiary/aromatic N) is 4. The number of rotatable bonds is 5. The second kappa shape index (κ2) is 5.35. The third-order valence-electron chi connectivity index (χ3n) is 2.42. The highest BCUT2D eigenvalue weighted by Gasteiger charge is 2.06. The van der Waals surface area contributed by atoms with Gasteiger partial charge in [-0.3, -0.25) is 0 Å². The minimum atomic E-state index is 0.261. The second-order valence-corrected chi connectivity index (χ2v) is 3.59. The molecule has 2 rings (SSSR count). The Morgan fingerprint density at radius 1 is 1.28 bits per heavy atom. The lowest BCUT2D eigenvalue weighted by Crippen LogP contribution is -2.08. The first-order valence-corrected chi connectivity index (χ1v) is 5.40. The van der Waals surface area contributed by atoms with Gasteiger partial charge in [0.2, 0.25) is 5.88 Å². The van der Waals surface area contributed by atoms with Gasteiger partial charge in [0.1, 0.15) is 11.6 Å². The summed E-state index contributed by atoms with van der Waals surface area (Å²) < 4.78 is 12.0. The van der Waals surface area contributed by atoms with Crippen molar-refractivity contribution in [1.82, 2.24) is 19.5 Å². The summed E-state index contributed by atoms with van der Waals surface area (Å²) in [6.45, 7) is 0.562. The maximum atomic E-state index is 5.07. The maximum Gasteiger partial charge on any atom is 0.321 e. The molecule has 7 nitrogen and oxygen atoms in total. The van der Waals surface area contributed by atoms with E-state index in [-0.39, 0.29) is 6.01 Å². The number of ether oxygens (including phenoxy) is 2. The molecule has 7 heteroatoms. The molecule has 18 heavy (non-hydrogen) atoms. The quantitative estimate of drug-likeness (QED) is 0.846. The van der Waals surface area contributed by atoms with Crippen molar-refractivity contribution in [3.8, 4) is 11.9 Å².